The maximum absolute atomic E-state index is 13.5. The van der Waals surface area contributed by atoms with Gasteiger partial charge in [-0.05, 0) is 31.0 Å². The molecule has 1 saturated heterocycles. The van der Waals surface area contributed by atoms with Gasteiger partial charge in [-0.25, -0.2) is 4.39 Å². The van der Waals surface area contributed by atoms with Crippen LogP contribution in [0.25, 0.3) is 0 Å². The second-order valence-corrected chi connectivity index (χ2v) is 6.67. The van der Waals surface area contributed by atoms with Crippen molar-refractivity contribution in [2.75, 3.05) is 50.8 Å². The second-order valence-electron chi connectivity index (χ2n) is 6.67. The van der Waals surface area contributed by atoms with Gasteiger partial charge in [0.1, 0.15) is 11.6 Å². The third kappa shape index (κ3) is 5.79. The number of halogens is 1. The summed E-state index contributed by atoms with van der Waals surface area (Å²) in [6, 6.07) is 15.0. The van der Waals surface area contributed by atoms with Crippen LogP contribution in [0.4, 0.5) is 10.1 Å². The van der Waals surface area contributed by atoms with Crippen LogP contribution in [0.2, 0.25) is 0 Å². The third-order valence-electron chi connectivity index (χ3n) is 4.74. The lowest BCUT2D eigenvalue weighted by molar-refractivity contribution is 0.255. The summed E-state index contributed by atoms with van der Waals surface area (Å²) in [7, 11) is 0. The van der Waals surface area contributed by atoms with Crippen molar-refractivity contribution in [3.8, 4) is 5.75 Å². The van der Waals surface area contributed by atoms with E-state index in [9.17, 15) is 4.39 Å². The number of piperazine rings is 1. The number of hydrogen-bond donors (Lipinski definition) is 0. The van der Waals surface area contributed by atoms with Crippen molar-refractivity contribution in [1.82, 2.24) is 4.90 Å². The minimum atomic E-state index is -0.253. The standard InChI is InChI=1S/C22H28FN3O/c1-2-27-22-17-20(23)9-10-21(22)26-15-13-25(14-16-26)12-6-11-24-18-19-7-4-3-5-8-19/h3-5,7-10,17-18H,2,6,11-16H2,1H3. The number of hydrogen-bond acceptors (Lipinski definition) is 4. The molecule has 0 radical (unpaired) electrons. The number of aliphatic imine (C=N–C) groups is 1. The highest BCUT2D eigenvalue weighted by Crippen LogP contribution is 2.30. The Morgan fingerprint density at radius 2 is 1.85 bits per heavy atom. The molecule has 0 unspecified atom stereocenters. The first-order valence-corrected chi connectivity index (χ1v) is 9.71. The van der Waals surface area contributed by atoms with E-state index in [1.807, 2.05) is 37.4 Å². The van der Waals surface area contributed by atoms with E-state index in [1.165, 1.54) is 12.1 Å². The zero-order valence-corrected chi connectivity index (χ0v) is 16.0. The largest absolute Gasteiger partial charge is 0.492 e. The van der Waals surface area contributed by atoms with Crippen LogP contribution in [0.1, 0.15) is 18.9 Å². The van der Waals surface area contributed by atoms with Crippen molar-refractivity contribution in [1.29, 1.82) is 0 Å². The minimum absolute atomic E-state index is 0.253. The van der Waals surface area contributed by atoms with E-state index in [4.69, 9.17) is 4.74 Å². The normalized spacial score (nSPS) is 15.4. The van der Waals surface area contributed by atoms with Gasteiger partial charge in [-0.2, -0.15) is 0 Å². The highest BCUT2D eigenvalue weighted by Gasteiger charge is 2.19. The fourth-order valence-electron chi connectivity index (χ4n) is 3.33. The average molecular weight is 369 g/mol. The molecule has 0 atom stereocenters. The summed E-state index contributed by atoms with van der Waals surface area (Å²) < 4.78 is 19.1. The van der Waals surface area contributed by atoms with Crippen LogP contribution in [0.3, 0.4) is 0 Å². The lowest BCUT2D eigenvalue weighted by Gasteiger charge is -2.36. The molecule has 0 bridgehead atoms. The highest BCUT2D eigenvalue weighted by molar-refractivity contribution is 5.79. The van der Waals surface area contributed by atoms with E-state index in [1.54, 1.807) is 0 Å². The molecule has 1 aliphatic heterocycles. The number of anilines is 1. The van der Waals surface area contributed by atoms with Crippen molar-refractivity contribution in [3.05, 3.63) is 59.9 Å². The Hall–Kier alpha value is -2.40. The zero-order chi connectivity index (χ0) is 18.9. The van der Waals surface area contributed by atoms with Crippen molar-refractivity contribution >= 4 is 11.9 Å². The SMILES string of the molecule is CCOc1cc(F)ccc1N1CCN(CCCN=Cc2ccccc2)CC1. The van der Waals surface area contributed by atoms with E-state index >= 15 is 0 Å². The van der Waals surface area contributed by atoms with Crippen LogP contribution < -0.4 is 9.64 Å². The molecule has 3 rings (SSSR count). The molecular formula is C22H28FN3O. The zero-order valence-electron chi connectivity index (χ0n) is 16.0. The predicted molar refractivity (Wildman–Crippen MR) is 110 cm³/mol. The fourth-order valence-corrected chi connectivity index (χ4v) is 3.33. The van der Waals surface area contributed by atoms with Gasteiger partial charge in [0, 0.05) is 51.5 Å². The molecule has 0 aromatic heterocycles. The maximum Gasteiger partial charge on any atom is 0.145 e. The van der Waals surface area contributed by atoms with Gasteiger partial charge < -0.3 is 9.64 Å². The molecular weight excluding hydrogens is 341 g/mol. The van der Waals surface area contributed by atoms with Crippen LogP contribution in [0.15, 0.2) is 53.5 Å². The Balaban J connectivity index is 1.42. The Morgan fingerprint density at radius 3 is 2.59 bits per heavy atom. The summed E-state index contributed by atoms with van der Waals surface area (Å²) in [6.45, 7) is 8.24. The van der Waals surface area contributed by atoms with Gasteiger partial charge >= 0.3 is 0 Å². The maximum atomic E-state index is 13.5. The number of nitrogens with zero attached hydrogens (tertiary/aromatic N) is 3. The number of benzene rings is 2. The first kappa shape index (κ1) is 19.4. The molecule has 4 nitrogen and oxygen atoms in total. The van der Waals surface area contributed by atoms with E-state index < -0.39 is 0 Å². The molecule has 5 heteroatoms. The lowest BCUT2D eigenvalue weighted by Crippen LogP contribution is -2.46. The summed E-state index contributed by atoms with van der Waals surface area (Å²) in [6.07, 6.45) is 3.01. The van der Waals surface area contributed by atoms with Crippen LogP contribution in [-0.4, -0.2) is 57.0 Å². The van der Waals surface area contributed by atoms with Crippen molar-refractivity contribution < 1.29 is 9.13 Å². The molecule has 2 aromatic carbocycles. The molecule has 1 fully saturated rings. The van der Waals surface area contributed by atoms with Gasteiger partial charge in [0.2, 0.25) is 0 Å². The molecule has 27 heavy (non-hydrogen) atoms. The first-order chi connectivity index (χ1) is 13.3. The fraction of sp³-hybridized carbons (Fsp3) is 0.409. The summed E-state index contributed by atoms with van der Waals surface area (Å²) in [4.78, 5) is 9.27. The quantitative estimate of drug-likeness (QED) is 0.523. The Labute approximate surface area is 161 Å². The molecule has 1 aliphatic rings. The average Bonchev–Trinajstić information content (AvgIpc) is 2.70. The smallest absolute Gasteiger partial charge is 0.145 e. The summed E-state index contributed by atoms with van der Waals surface area (Å²) in [5, 5.41) is 0. The lowest BCUT2D eigenvalue weighted by atomic mass is 10.2. The first-order valence-electron chi connectivity index (χ1n) is 9.71. The monoisotopic (exact) mass is 369 g/mol. The van der Waals surface area contributed by atoms with Crippen LogP contribution in [0, 0.1) is 5.82 Å². The molecule has 0 N–H and O–H groups in total. The van der Waals surface area contributed by atoms with Gasteiger partial charge in [0.25, 0.3) is 0 Å². The van der Waals surface area contributed by atoms with Gasteiger partial charge in [-0.15, -0.1) is 0 Å². The topological polar surface area (TPSA) is 28.1 Å². The van der Waals surface area contributed by atoms with E-state index in [0.717, 1.165) is 56.9 Å². The van der Waals surface area contributed by atoms with Crippen LogP contribution >= 0.6 is 0 Å². The molecule has 0 aliphatic carbocycles. The van der Waals surface area contributed by atoms with Crippen molar-refractivity contribution in [2.45, 2.75) is 13.3 Å². The molecule has 0 spiro atoms. The summed E-state index contributed by atoms with van der Waals surface area (Å²) >= 11 is 0. The van der Waals surface area contributed by atoms with Gasteiger partial charge in [0.05, 0.1) is 12.3 Å². The molecule has 0 amide bonds. The van der Waals surface area contributed by atoms with E-state index in [2.05, 4.69) is 26.9 Å². The van der Waals surface area contributed by atoms with E-state index in [-0.39, 0.29) is 5.82 Å². The van der Waals surface area contributed by atoms with E-state index in [0.29, 0.717) is 12.4 Å². The van der Waals surface area contributed by atoms with Crippen LogP contribution in [-0.2, 0) is 0 Å². The third-order valence-corrected chi connectivity index (χ3v) is 4.74. The Kier molecular flexibility index (Phi) is 7.22. The molecule has 144 valence electrons. The second kappa shape index (κ2) is 10.1. The summed E-state index contributed by atoms with van der Waals surface area (Å²) in [5.41, 5.74) is 2.14. The van der Waals surface area contributed by atoms with Gasteiger partial charge in [-0.1, -0.05) is 30.3 Å². The highest BCUT2D eigenvalue weighted by atomic mass is 19.1. The molecule has 1 heterocycles. The molecule has 0 saturated carbocycles. The van der Waals surface area contributed by atoms with Crippen molar-refractivity contribution in [2.24, 2.45) is 4.99 Å². The predicted octanol–water partition coefficient (Wildman–Crippen LogP) is 3.86. The number of rotatable bonds is 8. The minimum Gasteiger partial charge on any atom is -0.492 e. The molecule has 2 aromatic rings. The Morgan fingerprint density at radius 1 is 1.07 bits per heavy atom. The van der Waals surface area contributed by atoms with Crippen molar-refractivity contribution in [3.63, 3.8) is 0 Å². The van der Waals surface area contributed by atoms with Gasteiger partial charge in [0.15, 0.2) is 0 Å². The Bertz CT molecular complexity index is 728. The van der Waals surface area contributed by atoms with Gasteiger partial charge in [-0.3, -0.25) is 9.89 Å². The van der Waals surface area contributed by atoms with Crippen LogP contribution in [0.5, 0.6) is 5.75 Å². The number of ether oxygens (including phenoxy) is 1. The summed E-state index contributed by atoms with van der Waals surface area (Å²) in [5.74, 6) is 0.387.